The van der Waals surface area contributed by atoms with Crippen LogP contribution in [0.15, 0.2) is 0 Å². The molecule has 0 aromatic rings. The maximum absolute atomic E-state index is 9.82. The molecule has 0 saturated carbocycles. The zero-order chi connectivity index (χ0) is 6.53. The summed E-state index contributed by atoms with van der Waals surface area (Å²) >= 11 is 0. The summed E-state index contributed by atoms with van der Waals surface area (Å²) in [5, 5.41) is 3.25. The number of carbonyl (C=O) groups excluding carboxylic acids is 1. The monoisotopic (exact) mass is 126 g/mol. The Balaban J connectivity index is 2.04. The summed E-state index contributed by atoms with van der Waals surface area (Å²) in [7, 11) is 0. The molecule has 1 radical (unpaired) electrons. The lowest BCUT2D eigenvalue weighted by molar-refractivity contribution is 0.512. The first-order valence-electron chi connectivity index (χ1n) is 3.49. The first-order valence-corrected chi connectivity index (χ1v) is 3.49. The van der Waals surface area contributed by atoms with Gasteiger partial charge in [0.2, 0.25) is 0 Å². The minimum Gasteiger partial charge on any atom is -0.316 e. The fourth-order valence-electron chi connectivity index (χ4n) is 1.22. The summed E-state index contributed by atoms with van der Waals surface area (Å²) in [6.45, 7) is 2.23. The van der Waals surface area contributed by atoms with E-state index in [4.69, 9.17) is 0 Å². The largest absolute Gasteiger partial charge is 0.316 e. The smallest absolute Gasteiger partial charge is 0.198 e. The van der Waals surface area contributed by atoms with E-state index in [0.717, 1.165) is 25.4 Å². The van der Waals surface area contributed by atoms with E-state index < -0.39 is 0 Å². The first-order chi connectivity index (χ1) is 4.43. The molecule has 51 valence electrons. The Labute approximate surface area is 55.6 Å². The molecule has 1 aliphatic heterocycles. The lowest BCUT2D eigenvalue weighted by Crippen LogP contribution is -2.08. The Morgan fingerprint density at radius 3 is 3.11 bits per heavy atom. The van der Waals surface area contributed by atoms with E-state index in [0.29, 0.717) is 6.42 Å². The third kappa shape index (κ3) is 2.14. The van der Waals surface area contributed by atoms with Gasteiger partial charge in [0, 0.05) is 6.42 Å². The molecule has 1 heterocycles. The van der Waals surface area contributed by atoms with Crippen LogP contribution in [0.2, 0.25) is 0 Å². The molecule has 1 rings (SSSR count). The molecule has 0 aromatic heterocycles. The van der Waals surface area contributed by atoms with Crippen LogP contribution in [-0.2, 0) is 4.79 Å². The highest BCUT2D eigenvalue weighted by Gasteiger charge is 2.12. The number of nitrogens with one attached hydrogen (secondary N) is 1. The van der Waals surface area contributed by atoms with Crippen molar-refractivity contribution in [3.63, 3.8) is 0 Å². The molecule has 1 aliphatic rings. The molecule has 1 fully saturated rings. The van der Waals surface area contributed by atoms with Gasteiger partial charge >= 0.3 is 0 Å². The standard InChI is InChI=1S/C7H12NO/c9-5-1-2-7-3-4-8-6-7/h7-8H,1-4,6H2. The van der Waals surface area contributed by atoms with Crippen molar-refractivity contribution in [3.8, 4) is 0 Å². The molecule has 9 heavy (non-hydrogen) atoms. The van der Waals surface area contributed by atoms with Crippen molar-refractivity contribution in [3.05, 3.63) is 0 Å². The van der Waals surface area contributed by atoms with Crippen LogP contribution in [0.25, 0.3) is 0 Å². The van der Waals surface area contributed by atoms with Gasteiger partial charge in [-0.15, -0.1) is 0 Å². The number of hydrogen-bond donors (Lipinski definition) is 1. The molecule has 2 heteroatoms. The van der Waals surface area contributed by atoms with E-state index in [2.05, 4.69) is 5.32 Å². The minimum atomic E-state index is 0.617. The zero-order valence-electron chi connectivity index (χ0n) is 5.52. The average molecular weight is 126 g/mol. The second-order valence-corrected chi connectivity index (χ2v) is 2.54. The third-order valence-corrected chi connectivity index (χ3v) is 1.82. The van der Waals surface area contributed by atoms with Crippen LogP contribution in [0.4, 0.5) is 0 Å². The van der Waals surface area contributed by atoms with Gasteiger partial charge in [0.1, 0.15) is 0 Å². The molecule has 1 N–H and O–H groups in total. The van der Waals surface area contributed by atoms with E-state index in [1.807, 2.05) is 6.29 Å². The fraction of sp³-hybridized carbons (Fsp3) is 0.857. The van der Waals surface area contributed by atoms with Gasteiger partial charge in [0.25, 0.3) is 0 Å². The zero-order valence-corrected chi connectivity index (χ0v) is 5.52. The summed E-state index contributed by atoms with van der Waals surface area (Å²) in [5.74, 6) is 0.742. The summed E-state index contributed by atoms with van der Waals surface area (Å²) in [6, 6.07) is 0. The van der Waals surface area contributed by atoms with Crippen LogP contribution >= 0.6 is 0 Å². The van der Waals surface area contributed by atoms with Gasteiger partial charge in [0.15, 0.2) is 6.29 Å². The van der Waals surface area contributed by atoms with E-state index in [1.165, 1.54) is 6.42 Å². The lowest BCUT2D eigenvalue weighted by atomic mass is 10.0. The number of hydrogen-bond acceptors (Lipinski definition) is 2. The number of rotatable bonds is 3. The van der Waals surface area contributed by atoms with Crippen molar-refractivity contribution in [2.45, 2.75) is 19.3 Å². The van der Waals surface area contributed by atoms with Crippen LogP contribution in [0.5, 0.6) is 0 Å². The van der Waals surface area contributed by atoms with Crippen LogP contribution < -0.4 is 5.32 Å². The second-order valence-electron chi connectivity index (χ2n) is 2.54. The first kappa shape index (κ1) is 6.75. The summed E-state index contributed by atoms with van der Waals surface area (Å²) in [4.78, 5) is 9.82. The maximum atomic E-state index is 9.82. The SMILES string of the molecule is O=[C]CCC1CCNC1. The quantitative estimate of drug-likeness (QED) is 0.596. The van der Waals surface area contributed by atoms with Crippen molar-refractivity contribution >= 4 is 6.29 Å². The molecule has 1 saturated heterocycles. The van der Waals surface area contributed by atoms with Crippen molar-refractivity contribution < 1.29 is 4.79 Å². The molecule has 2 nitrogen and oxygen atoms in total. The van der Waals surface area contributed by atoms with E-state index in [9.17, 15) is 4.79 Å². The Morgan fingerprint density at radius 2 is 2.56 bits per heavy atom. The van der Waals surface area contributed by atoms with Gasteiger partial charge in [-0.05, 0) is 31.8 Å². The molecule has 0 aliphatic carbocycles. The van der Waals surface area contributed by atoms with E-state index in [-0.39, 0.29) is 0 Å². The lowest BCUT2D eigenvalue weighted by Gasteiger charge is -2.01. The molecule has 1 atom stereocenters. The molecule has 0 bridgehead atoms. The van der Waals surface area contributed by atoms with E-state index in [1.54, 1.807) is 0 Å². The molecular weight excluding hydrogens is 114 g/mol. The van der Waals surface area contributed by atoms with Gasteiger partial charge in [-0.3, -0.25) is 4.79 Å². The summed E-state index contributed by atoms with van der Waals surface area (Å²) in [6.07, 6.45) is 4.80. The molecular formula is C7H12NO. The molecule has 0 spiro atoms. The summed E-state index contributed by atoms with van der Waals surface area (Å²) < 4.78 is 0. The molecule has 0 aromatic carbocycles. The normalized spacial score (nSPS) is 26.4. The predicted molar refractivity (Wildman–Crippen MR) is 35.9 cm³/mol. The highest BCUT2D eigenvalue weighted by Crippen LogP contribution is 2.12. The van der Waals surface area contributed by atoms with Crippen molar-refractivity contribution in [2.24, 2.45) is 5.92 Å². The van der Waals surface area contributed by atoms with Crippen molar-refractivity contribution in [1.82, 2.24) is 5.32 Å². The van der Waals surface area contributed by atoms with E-state index >= 15 is 0 Å². The van der Waals surface area contributed by atoms with Crippen LogP contribution in [-0.4, -0.2) is 19.4 Å². The Morgan fingerprint density at radius 1 is 1.67 bits per heavy atom. The van der Waals surface area contributed by atoms with Gasteiger partial charge < -0.3 is 5.32 Å². The van der Waals surface area contributed by atoms with Gasteiger partial charge in [-0.2, -0.15) is 0 Å². The molecule has 1 unspecified atom stereocenters. The topological polar surface area (TPSA) is 29.1 Å². The fourth-order valence-corrected chi connectivity index (χ4v) is 1.22. The third-order valence-electron chi connectivity index (χ3n) is 1.82. The Kier molecular flexibility index (Phi) is 2.71. The predicted octanol–water partition coefficient (Wildman–Crippen LogP) is 0.486. The highest BCUT2D eigenvalue weighted by molar-refractivity contribution is 5.50. The Bertz CT molecular complexity index is 86.9. The minimum absolute atomic E-state index is 0.617. The average Bonchev–Trinajstić information content (AvgIpc) is 2.34. The van der Waals surface area contributed by atoms with Crippen LogP contribution in [0.1, 0.15) is 19.3 Å². The molecule has 0 amide bonds. The van der Waals surface area contributed by atoms with Gasteiger partial charge in [-0.25, -0.2) is 0 Å². The van der Waals surface area contributed by atoms with Gasteiger partial charge in [-0.1, -0.05) is 0 Å². The van der Waals surface area contributed by atoms with Crippen molar-refractivity contribution in [2.75, 3.05) is 13.1 Å². The second kappa shape index (κ2) is 3.62. The van der Waals surface area contributed by atoms with Crippen molar-refractivity contribution in [1.29, 1.82) is 0 Å². The van der Waals surface area contributed by atoms with Gasteiger partial charge in [0.05, 0.1) is 0 Å². The summed E-state index contributed by atoms with van der Waals surface area (Å²) in [5.41, 5.74) is 0. The van der Waals surface area contributed by atoms with Crippen LogP contribution in [0, 0.1) is 5.92 Å². The highest BCUT2D eigenvalue weighted by atomic mass is 16.1. The van der Waals surface area contributed by atoms with Crippen LogP contribution in [0.3, 0.4) is 0 Å². The Hall–Kier alpha value is -0.370. The maximum Gasteiger partial charge on any atom is 0.198 e.